The minimum absolute atomic E-state index is 0.00160. The maximum Gasteiger partial charge on any atom is 0.283 e. The number of aliphatic imine (C=N–C) groups is 1. The number of nitrogens with zero attached hydrogens (tertiary/aromatic N) is 4. The van der Waals surface area contributed by atoms with Crippen LogP contribution in [0.4, 0.5) is 11.4 Å². The summed E-state index contributed by atoms with van der Waals surface area (Å²) in [5.41, 5.74) is 3.39. The van der Waals surface area contributed by atoms with Gasteiger partial charge in [0.25, 0.3) is 5.91 Å². The standard InChI is InChI=1S/C30H27ClN4O3S/c1-21(36)22-11-13-24(14-12-22)33-15-17-34(18-16-33)28(37)20-39-30-32-27(19-23-7-5-6-10-26(23)31)29(38)35(30)25-8-3-2-4-9-25/h2-14,19H,15-18,20H2,1H3/b27-19-. The first-order valence-corrected chi connectivity index (χ1v) is 14.0. The summed E-state index contributed by atoms with van der Waals surface area (Å²) in [6.45, 7) is 4.16. The number of amidine groups is 1. The number of thioether (sulfide) groups is 1. The molecule has 0 aliphatic carbocycles. The van der Waals surface area contributed by atoms with Gasteiger partial charge < -0.3 is 9.80 Å². The van der Waals surface area contributed by atoms with Crippen LogP contribution in [0.3, 0.4) is 0 Å². The van der Waals surface area contributed by atoms with Crippen molar-refractivity contribution in [1.29, 1.82) is 0 Å². The molecule has 2 heterocycles. The van der Waals surface area contributed by atoms with Crippen molar-refractivity contribution in [2.45, 2.75) is 6.92 Å². The van der Waals surface area contributed by atoms with Crippen LogP contribution in [0.5, 0.6) is 0 Å². The molecule has 3 aromatic rings. The van der Waals surface area contributed by atoms with E-state index in [1.54, 1.807) is 24.0 Å². The quantitative estimate of drug-likeness (QED) is 0.300. The summed E-state index contributed by atoms with van der Waals surface area (Å²) in [5, 5.41) is 0.992. The first-order chi connectivity index (χ1) is 18.9. The minimum atomic E-state index is -0.263. The smallest absolute Gasteiger partial charge is 0.283 e. The second-order valence-corrected chi connectivity index (χ2v) is 10.5. The average Bonchev–Trinajstić information content (AvgIpc) is 3.28. The predicted octanol–water partition coefficient (Wildman–Crippen LogP) is 5.37. The number of carbonyl (C=O) groups is 3. The predicted molar refractivity (Wildman–Crippen MR) is 158 cm³/mol. The van der Waals surface area contributed by atoms with Gasteiger partial charge in [-0.1, -0.05) is 59.8 Å². The van der Waals surface area contributed by atoms with Crippen molar-refractivity contribution in [3.8, 4) is 0 Å². The first kappa shape index (κ1) is 26.7. The molecule has 1 saturated heterocycles. The molecule has 2 aliphatic heterocycles. The fourth-order valence-corrected chi connectivity index (χ4v) is 5.58. The fraction of sp³-hybridized carbons (Fsp3) is 0.200. The van der Waals surface area contributed by atoms with Gasteiger partial charge in [-0.2, -0.15) is 0 Å². The number of ketones is 1. The van der Waals surface area contributed by atoms with Crippen LogP contribution >= 0.6 is 23.4 Å². The Balaban J connectivity index is 1.25. The molecule has 0 radical (unpaired) electrons. The number of anilines is 2. The Bertz CT molecular complexity index is 1450. The Morgan fingerprint density at radius 3 is 2.23 bits per heavy atom. The molecule has 2 aliphatic rings. The number of piperazine rings is 1. The molecule has 0 N–H and O–H groups in total. The van der Waals surface area contributed by atoms with Gasteiger partial charge in [-0.15, -0.1) is 0 Å². The molecule has 198 valence electrons. The number of benzene rings is 3. The third-order valence-electron chi connectivity index (χ3n) is 6.64. The van der Waals surface area contributed by atoms with E-state index in [4.69, 9.17) is 11.6 Å². The number of amides is 2. The summed E-state index contributed by atoms with van der Waals surface area (Å²) in [7, 11) is 0. The van der Waals surface area contributed by atoms with Gasteiger partial charge in [-0.25, -0.2) is 4.99 Å². The van der Waals surface area contributed by atoms with Gasteiger partial charge in [0.15, 0.2) is 11.0 Å². The molecule has 39 heavy (non-hydrogen) atoms. The summed E-state index contributed by atoms with van der Waals surface area (Å²) in [6, 6.07) is 24.1. The van der Waals surface area contributed by atoms with E-state index >= 15 is 0 Å². The van der Waals surface area contributed by atoms with Crippen LogP contribution in [0.1, 0.15) is 22.8 Å². The average molecular weight is 559 g/mol. The Hall–Kier alpha value is -3.88. The van der Waals surface area contributed by atoms with Gasteiger partial charge in [0, 0.05) is 42.5 Å². The lowest BCUT2D eigenvalue weighted by Crippen LogP contribution is -2.49. The van der Waals surface area contributed by atoms with Gasteiger partial charge in [-0.05, 0) is 61.0 Å². The molecule has 1 fully saturated rings. The number of Topliss-reactive ketones (excluding diaryl/α,β-unsaturated/α-hetero) is 1. The topological polar surface area (TPSA) is 73.3 Å². The molecular weight excluding hydrogens is 532 g/mol. The largest absolute Gasteiger partial charge is 0.368 e. The molecule has 0 bridgehead atoms. The van der Waals surface area contributed by atoms with Crippen molar-refractivity contribution in [3.63, 3.8) is 0 Å². The number of hydrogen-bond donors (Lipinski definition) is 0. The van der Waals surface area contributed by atoms with E-state index < -0.39 is 0 Å². The lowest BCUT2D eigenvalue weighted by molar-refractivity contribution is -0.128. The van der Waals surface area contributed by atoms with Crippen molar-refractivity contribution >= 4 is 63.6 Å². The maximum atomic E-state index is 13.4. The molecule has 5 rings (SSSR count). The zero-order valence-electron chi connectivity index (χ0n) is 21.4. The monoisotopic (exact) mass is 558 g/mol. The zero-order valence-corrected chi connectivity index (χ0v) is 23.0. The Morgan fingerprint density at radius 2 is 1.56 bits per heavy atom. The SMILES string of the molecule is CC(=O)c1ccc(N2CCN(C(=O)CSC3=N/C(=C\c4ccccc4Cl)C(=O)N3c3ccccc3)CC2)cc1. The molecule has 0 spiro atoms. The van der Waals surface area contributed by atoms with Crippen LogP contribution in [0.15, 0.2) is 89.6 Å². The van der Waals surface area contributed by atoms with E-state index in [9.17, 15) is 14.4 Å². The first-order valence-electron chi connectivity index (χ1n) is 12.6. The highest BCUT2D eigenvalue weighted by Gasteiger charge is 2.33. The highest BCUT2D eigenvalue weighted by atomic mass is 35.5. The third kappa shape index (κ3) is 6.08. The summed E-state index contributed by atoms with van der Waals surface area (Å²) in [4.78, 5) is 48.2. The van der Waals surface area contributed by atoms with E-state index in [0.717, 1.165) is 5.69 Å². The van der Waals surface area contributed by atoms with E-state index in [2.05, 4.69) is 9.89 Å². The molecule has 2 amide bonds. The Morgan fingerprint density at radius 1 is 0.897 bits per heavy atom. The second kappa shape index (κ2) is 11.9. The number of carbonyl (C=O) groups excluding carboxylic acids is 3. The van der Waals surface area contributed by atoms with Gasteiger partial charge in [0.2, 0.25) is 5.91 Å². The number of halogens is 1. The molecule has 9 heteroatoms. The zero-order chi connectivity index (χ0) is 27.4. The summed E-state index contributed by atoms with van der Waals surface area (Å²) < 4.78 is 0. The molecular formula is C30H27ClN4O3S. The van der Waals surface area contributed by atoms with Gasteiger partial charge in [0.05, 0.1) is 11.4 Å². The van der Waals surface area contributed by atoms with Gasteiger partial charge in [0.1, 0.15) is 5.70 Å². The number of para-hydroxylation sites is 1. The molecule has 3 aromatic carbocycles. The van der Waals surface area contributed by atoms with Crippen LogP contribution in [0, 0.1) is 0 Å². The maximum absolute atomic E-state index is 13.4. The summed E-state index contributed by atoms with van der Waals surface area (Å²) >= 11 is 7.56. The lowest BCUT2D eigenvalue weighted by atomic mass is 10.1. The van der Waals surface area contributed by atoms with Crippen LogP contribution in [0.25, 0.3) is 6.08 Å². The van der Waals surface area contributed by atoms with Crippen LogP contribution in [-0.2, 0) is 9.59 Å². The van der Waals surface area contributed by atoms with Crippen LogP contribution in [0.2, 0.25) is 5.02 Å². The second-order valence-electron chi connectivity index (χ2n) is 9.18. The number of rotatable bonds is 6. The minimum Gasteiger partial charge on any atom is -0.368 e. The molecule has 0 atom stereocenters. The Kier molecular flexibility index (Phi) is 8.14. The van der Waals surface area contributed by atoms with Crippen LogP contribution in [-0.4, -0.2) is 59.6 Å². The highest BCUT2D eigenvalue weighted by Crippen LogP contribution is 2.30. The van der Waals surface area contributed by atoms with Gasteiger partial charge in [-0.3, -0.25) is 19.3 Å². The van der Waals surface area contributed by atoms with E-state index in [1.807, 2.05) is 77.7 Å². The molecule has 0 saturated carbocycles. The number of hydrogen-bond acceptors (Lipinski definition) is 6. The van der Waals surface area contributed by atoms with Crippen molar-refractivity contribution in [3.05, 3.63) is 101 Å². The van der Waals surface area contributed by atoms with E-state index in [-0.39, 0.29) is 29.0 Å². The van der Waals surface area contributed by atoms with Crippen LogP contribution < -0.4 is 9.80 Å². The van der Waals surface area contributed by atoms with E-state index in [0.29, 0.717) is 53.2 Å². The van der Waals surface area contributed by atoms with Crippen molar-refractivity contribution < 1.29 is 14.4 Å². The van der Waals surface area contributed by atoms with Crippen molar-refractivity contribution in [2.75, 3.05) is 41.7 Å². The normalized spacial score (nSPS) is 16.6. The molecule has 0 unspecified atom stereocenters. The molecule has 7 nitrogen and oxygen atoms in total. The fourth-order valence-electron chi connectivity index (χ4n) is 4.48. The van der Waals surface area contributed by atoms with E-state index in [1.165, 1.54) is 11.8 Å². The lowest BCUT2D eigenvalue weighted by Gasteiger charge is -2.36. The third-order valence-corrected chi connectivity index (χ3v) is 7.91. The highest BCUT2D eigenvalue weighted by molar-refractivity contribution is 8.14. The molecule has 0 aromatic heterocycles. The van der Waals surface area contributed by atoms with Gasteiger partial charge >= 0.3 is 0 Å². The van der Waals surface area contributed by atoms with Crippen molar-refractivity contribution in [2.24, 2.45) is 4.99 Å². The van der Waals surface area contributed by atoms with Crippen molar-refractivity contribution in [1.82, 2.24) is 4.90 Å². The summed E-state index contributed by atoms with van der Waals surface area (Å²) in [5.74, 6) is -0.0543. The Labute approximate surface area is 236 Å². The summed E-state index contributed by atoms with van der Waals surface area (Å²) in [6.07, 6.45) is 1.68.